The third kappa shape index (κ3) is 4.44. The average Bonchev–Trinajstić information content (AvgIpc) is 2.28. The summed E-state index contributed by atoms with van der Waals surface area (Å²) in [6.45, 7) is 1.27. The summed E-state index contributed by atoms with van der Waals surface area (Å²) in [6.07, 6.45) is 0. The molecule has 0 saturated carbocycles. The molecule has 0 radical (unpaired) electrons. The topological polar surface area (TPSA) is 104 Å². The van der Waals surface area contributed by atoms with Gasteiger partial charge in [-0.2, -0.15) is 0 Å². The predicted molar refractivity (Wildman–Crippen MR) is 65.7 cm³/mol. The van der Waals surface area contributed by atoms with Crippen LogP contribution in [0.25, 0.3) is 0 Å². The summed E-state index contributed by atoms with van der Waals surface area (Å²) < 4.78 is 25.6. The van der Waals surface area contributed by atoms with Gasteiger partial charge in [-0.25, -0.2) is 17.9 Å². The van der Waals surface area contributed by atoms with Gasteiger partial charge < -0.3 is 10.2 Å². The van der Waals surface area contributed by atoms with E-state index in [1.54, 1.807) is 6.92 Å². The van der Waals surface area contributed by atoms with Gasteiger partial charge in [-0.05, 0) is 24.6 Å². The lowest BCUT2D eigenvalue weighted by Gasteiger charge is -2.11. The van der Waals surface area contributed by atoms with Gasteiger partial charge in [-0.1, -0.05) is 12.1 Å². The molecule has 1 atom stereocenters. The van der Waals surface area contributed by atoms with Crippen molar-refractivity contribution in [2.24, 2.45) is 0 Å². The van der Waals surface area contributed by atoms with E-state index in [0.717, 1.165) is 0 Å². The van der Waals surface area contributed by atoms with Gasteiger partial charge in [0.2, 0.25) is 10.0 Å². The fraction of sp³-hybridized carbons (Fsp3) is 0.364. The summed E-state index contributed by atoms with van der Waals surface area (Å²) in [7, 11) is -3.54. The second-order valence-corrected chi connectivity index (χ2v) is 5.72. The maximum atomic E-state index is 11.6. The molecule has 18 heavy (non-hydrogen) atoms. The lowest BCUT2D eigenvalue weighted by atomic mass is 10.1. The molecule has 0 aliphatic carbocycles. The van der Waals surface area contributed by atoms with E-state index < -0.39 is 22.0 Å². The van der Waals surface area contributed by atoms with Crippen LogP contribution in [-0.2, 0) is 15.8 Å². The van der Waals surface area contributed by atoms with Crippen LogP contribution in [0.3, 0.4) is 0 Å². The van der Waals surface area contributed by atoms with Crippen LogP contribution in [-0.4, -0.2) is 37.2 Å². The summed E-state index contributed by atoms with van der Waals surface area (Å²) in [5.41, 5.74) is 0.588. The second-order valence-electron chi connectivity index (χ2n) is 3.96. The highest BCUT2D eigenvalue weighted by Gasteiger charge is 2.15. The molecule has 0 amide bonds. The van der Waals surface area contributed by atoms with Crippen molar-refractivity contribution in [2.75, 3.05) is 6.61 Å². The van der Waals surface area contributed by atoms with E-state index in [1.165, 1.54) is 24.3 Å². The highest BCUT2D eigenvalue weighted by molar-refractivity contribution is 7.88. The number of carbonyl (C=O) groups is 1. The summed E-state index contributed by atoms with van der Waals surface area (Å²) >= 11 is 0. The third-order valence-electron chi connectivity index (χ3n) is 2.21. The zero-order valence-electron chi connectivity index (χ0n) is 9.83. The zero-order valence-corrected chi connectivity index (χ0v) is 10.6. The average molecular weight is 273 g/mol. The van der Waals surface area contributed by atoms with Crippen LogP contribution in [0.4, 0.5) is 0 Å². The van der Waals surface area contributed by atoms with E-state index in [4.69, 9.17) is 10.2 Å². The Morgan fingerprint density at radius 2 is 1.89 bits per heavy atom. The highest BCUT2D eigenvalue weighted by atomic mass is 32.2. The van der Waals surface area contributed by atoms with E-state index >= 15 is 0 Å². The molecule has 0 aromatic heterocycles. The Morgan fingerprint density at radius 1 is 1.33 bits per heavy atom. The molecule has 1 aromatic rings. The van der Waals surface area contributed by atoms with Crippen LogP contribution in [0.2, 0.25) is 0 Å². The molecule has 0 bridgehead atoms. The first kappa shape index (κ1) is 14.6. The quantitative estimate of drug-likeness (QED) is 0.686. The molecular formula is C11H15NO5S. The predicted octanol–water partition coefficient (Wildman–Crippen LogP) is 0.185. The van der Waals surface area contributed by atoms with Crippen LogP contribution in [0.1, 0.15) is 22.8 Å². The first-order valence-electron chi connectivity index (χ1n) is 5.27. The van der Waals surface area contributed by atoms with E-state index in [1.807, 2.05) is 0 Å². The molecule has 0 fully saturated rings. The second kappa shape index (κ2) is 5.94. The van der Waals surface area contributed by atoms with Crippen molar-refractivity contribution in [1.29, 1.82) is 0 Å². The Hall–Kier alpha value is -1.44. The number of aliphatic hydroxyl groups excluding tert-OH is 1. The number of aromatic carboxylic acids is 1. The number of benzene rings is 1. The molecule has 100 valence electrons. The molecule has 0 aliphatic rings. The molecule has 1 aromatic carbocycles. The van der Waals surface area contributed by atoms with Crippen molar-refractivity contribution >= 4 is 16.0 Å². The van der Waals surface area contributed by atoms with Gasteiger partial charge in [0.05, 0.1) is 17.9 Å². The van der Waals surface area contributed by atoms with Crippen molar-refractivity contribution in [1.82, 2.24) is 4.72 Å². The van der Waals surface area contributed by atoms with Gasteiger partial charge in [-0.15, -0.1) is 0 Å². The molecule has 6 nitrogen and oxygen atoms in total. The molecule has 0 spiro atoms. The van der Waals surface area contributed by atoms with Gasteiger partial charge in [-0.3, -0.25) is 0 Å². The summed E-state index contributed by atoms with van der Waals surface area (Å²) in [5.74, 6) is -1.31. The molecule has 3 N–H and O–H groups in total. The van der Waals surface area contributed by atoms with Gasteiger partial charge >= 0.3 is 5.97 Å². The Morgan fingerprint density at radius 3 is 2.33 bits per heavy atom. The zero-order chi connectivity index (χ0) is 13.8. The van der Waals surface area contributed by atoms with E-state index in [-0.39, 0.29) is 17.9 Å². The third-order valence-corrected chi connectivity index (χ3v) is 3.69. The van der Waals surface area contributed by atoms with Crippen molar-refractivity contribution in [3.63, 3.8) is 0 Å². The van der Waals surface area contributed by atoms with Crippen LogP contribution < -0.4 is 4.72 Å². The first-order chi connectivity index (χ1) is 8.34. The van der Waals surface area contributed by atoms with Crippen molar-refractivity contribution in [3.05, 3.63) is 35.4 Å². The number of carboxylic acid groups (broad SMARTS) is 1. The fourth-order valence-corrected chi connectivity index (χ4v) is 2.75. The molecule has 0 aliphatic heterocycles. The number of hydrogen-bond acceptors (Lipinski definition) is 4. The normalized spacial score (nSPS) is 13.2. The minimum atomic E-state index is -3.54. The standard InChI is InChI=1S/C11H15NO5S/c1-8(6-13)12-18(16,17)7-9-2-4-10(5-3-9)11(14)15/h2-5,8,12-13H,6-7H2,1H3,(H,14,15)/t8-/m0/s1. The van der Waals surface area contributed by atoms with Crippen molar-refractivity contribution < 1.29 is 23.4 Å². The number of hydrogen-bond donors (Lipinski definition) is 3. The summed E-state index contributed by atoms with van der Waals surface area (Å²) in [5, 5.41) is 17.5. The first-order valence-corrected chi connectivity index (χ1v) is 6.92. The Balaban J connectivity index is 2.75. The van der Waals surface area contributed by atoms with E-state index in [0.29, 0.717) is 5.56 Å². The van der Waals surface area contributed by atoms with Crippen LogP contribution >= 0.6 is 0 Å². The van der Waals surface area contributed by atoms with Crippen LogP contribution in [0.5, 0.6) is 0 Å². The SMILES string of the molecule is C[C@@H](CO)NS(=O)(=O)Cc1ccc(C(=O)O)cc1. The van der Waals surface area contributed by atoms with Gasteiger partial charge in [0.1, 0.15) is 0 Å². The number of aliphatic hydroxyl groups is 1. The summed E-state index contributed by atoms with van der Waals surface area (Å²) in [4.78, 5) is 10.6. The Kier molecular flexibility index (Phi) is 4.83. The largest absolute Gasteiger partial charge is 0.478 e. The number of nitrogens with one attached hydrogen (secondary N) is 1. The number of carboxylic acids is 1. The lowest BCUT2D eigenvalue weighted by molar-refractivity contribution is 0.0697. The van der Waals surface area contributed by atoms with Gasteiger partial charge in [0, 0.05) is 6.04 Å². The number of sulfonamides is 1. The Bertz CT molecular complexity index is 509. The monoisotopic (exact) mass is 273 g/mol. The maximum Gasteiger partial charge on any atom is 0.335 e. The molecular weight excluding hydrogens is 258 g/mol. The van der Waals surface area contributed by atoms with Crippen LogP contribution in [0, 0.1) is 0 Å². The van der Waals surface area contributed by atoms with Crippen LogP contribution in [0.15, 0.2) is 24.3 Å². The number of rotatable bonds is 6. The maximum absolute atomic E-state index is 11.6. The van der Waals surface area contributed by atoms with E-state index in [9.17, 15) is 13.2 Å². The molecule has 7 heteroatoms. The minimum Gasteiger partial charge on any atom is -0.478 e. The van der Waals surface area contributed by atoms with Crippen molar-refractivity contribution in [3.8, 4) is 0 Å². The Labute approximate surface area is 105 Å². The van der Waals surface area contributed by atoms with Gasteiger partial charge in [0.15, 0.2) is 0 Å². The molecule has 1 rings (SSSR count). The lowest BCUT2D eigenvalue weighted by Crippen LogP contribution is -2.35. The smallest absolute Gasteiger partial charge is 0.335 e. The molecule has 0 heterocycles. The van der Waals surface area contributed by atoms with Gasteiger partial charge in [0.25, 0.3) is 0 Å². The van der Waals surface area contributed by atoms with E-state index in [2.05, 4.69) is 4.72 Å². The molecule has 0 saturated heterocycles. The fourth-order valence-electron chi connectivity index (χ4n) is 1.35. The highest BCUT2D eigenvalue weighted by Crippen LogP contribution is 2.08. The molecule has 0 unspecified atom stereocenters. The minimum absolute atomic E-state index is 0.104. The summed E-state index contributed by atoms with van der Waals surface area (Å²) in [6, 6.07) is 5.05. The van der Waals surface area contributed by atoms with Crippen molar-refractivity contribution in [2.45, 2.75) is 18.7 Å².